The largest absolute Gasteiger partial charge is 0.497 e. The Morgan fingerprint density at radius 3 is 2.00 bits per heavy atom. The van der Waals surface area contributed by atoms with Crippen LogP contribution < -0.4 is 14.2 Å². The number of ether oxygens (including phenoxy) is 3. The van der Waals surface area contributed by atoms with Crippen LogP contribution in [0.4, 0.5) is 0 Å². The van der Waals surface area contributed by atoms with E-state index in [-0.39, 0.29) is 11.5 Å². The summed E-state index contributed by atoms with van der Waals surface area (Å²) in [4.78, 5) is 30.6. The molecule has 0 aliphatic rings. The van der Waals surface area contributed by atoms with Crippen LogP contribution in [0.25, 0.3) is 20.8 Å². The highest BCUT2D eigenvalue weighted by molar-refractivity contribution is 7.22. The van der Waals surface area contributed by atoms with Crippen LogP contribution in [-0.2, 0) is 6.42 Å². The third-order valence-electron chi connectivity index (χ3n) is 6.06. The van der Waals surface area contributed by atoms with E-state index in [1.807, 2.05) is 19.1 Å². The number of fused-ring (bicyclic) bond motifs is 1. The summed E-state index contributed by atoms with van der Waals surface area (Å²) in [5.74, 6) is 0.0899. The third kappa shape index (κ3) is 5.49. The second-order valence-electron chi connectivity index (χ2n) is 8.51. The molecule has 0 fully saturated rings. The minimum Gasteiger partial charge on any atom is -0.497 e. The van der Waals surface area contributed by atoms with Gasteiger partial charge in [0.05, 0.1) is 29.9 Å². The van der Waals surface area contributed by atoms with Crippen LogP contribution >= 0.6 is 11.3 Å². The number of methoxy groups -OCH3 is 1. The number of hydrogen-bond acceptors (Lipinski definition) is 8. The molecule has 0 bridgehead atoms. The highest BCUT2D eigenvalue weighted by Crippen LogP contribution is 2.41. The summed E-state index contributed by atoms with van der Waals surface area (Å²) < 4.78 is 17.2. The van der Waals surface area contributed by atoms with Crippen LogP contribution in [0, 0.1) is 11.3 Å². The maximum atomic E-state index is 12.9. The normalized spacial score (nSPS) is 10.6. The Labute approximate surface area is 228 Å². The molecule has 0 unspecified atom stereocenters. The number of carbonyl (C=O) groups excluding carboxylic acids is 2. The lowest BCUT2D eigenvalue weighted by atomic mass is 10.1. The second-order valence-corrected chi connectivity index (χ2v) is 9.50. The number of esters is 2. The highest BCUT2D eigenvalue weighted by atomic mass is 32.1. The summed E-state index contributed by atoms with van der Waals surface area (Å²) in [7, 11) is 1.55. The fourth-order valence-electron chi connectivity index (χ4n) is 3.85. The van der Waals surface area contributed by atoms with Crippen LogP contribution in [0.15, 0.2) is 84.9 Å². The van der Waals surface area contributed by atoms with Crippen LogP contribution in [0.1, 0.15) is 38.8 Å². The average Bonchev–Trinajstić information content (AvgIpc) is 3.45. The molecule has 5 aromatic rings. The molecule has 4 aromatic carbocycles. The molecule has 0 aliphatic heterocycles. The zero-order chi connectivity index (χ0) is 27.4. The number of carbonyl (C=O) groups is 2. The van der Waals surface area contributed by atoms with Crippen molar-refractivity contribution in [1.82, 2.24) is 4.98 Å². The molecule has 0 spiro atoms. The van der Waals surface area contributed by atoms with Crippen molar-refractivity contribution in [3.05, 3.63) is 107 Å². The van der Waals surface area contributed by atoms with E-state index in [1.54, 1.807) is 79.9 Å². The van der Waals surface area contributed by atoms with E-state index in [1.165, 1.54) is 11.3 Å². The number of nitriles is 1. The minimum atomic E-state index is -0.548. The van der Waals surface area contributed by atoms with Crippen molar-refractivity contribution in [3.8, 4) is 33.9 Å². The Hall–Kier alpha value is -5.00. The van der Waals surface area contributed by atoms with E-state index in [0.29, 0.717) is 37.7 Å². The molecule has 8 heteroatoms. The minimum absolute atomic E-state index is 0.245. The van der Waals surface area contributed by atoms with Crippen LogP contribution in [0.5, 0.6) is 17.2 Å². The summed E-state index contributed by atoms with van der Waals surface area (Å²) in [5.41, 5.74) is 3.57. The first-order valence-corrected chi connectivity index (χ1v) is 12.9. The van der Waals surface area contributed by atoms with Gasteiger partial charge in [-0.3, -0.25) is 0 Å². The van der Waals surface area contributed by atoms with E-state index in [0.717, 1.165) is 17.5 Å². The molecule has 1 heterocycles. The van der Waals surface area contributed by atoms with E-state index >= 15 is 0 Å². The number of rotatable bonds is 7. The van der Waals surface area contributed by atoms with E-state index < -0.39 is 11.9 Å². The zero-order valence-electron chi connectivity index (χ0n) is 21.1. The summed E-state index contributed by atoms with van der Waals surface area (Å²) in [6, 6.07) is 26.1. The Kier molecular flexibility index (Phi) is 7.34. The van der Waals surface area contributed by atoms with Gasteiger partial charge in [0, 0.05) is 5.56 Å². The van der Waals surface area contributed by atoms with Gasteiger partial charge in [-0.2, -0.15) is 5.26 Å². The molecule has 7 nitrogen and oxygen atoms in total. The lowest BCUT2D eigenvalue weighted by molar-refractivity contribution is 0.0723. The molecule has 5 rings (SSSR count). The first-order chi connectivity index (χ1) is 19.0. The zero-order valence-corrected chi connectivity index (χ0v) is 22.0. The molecule has 192 valence electrons. The highest BCUT2D eigenvalue weighted by Gasteiger charge is 2.20. The van der Waals surface area contributed by atoms with E-state index in [9.17, 15) is 9.59 Å². The average molecular weight is 535 g/mol. The van der Waals surface area contributed by atoms with Crippen molar-refractivity contribution in [1.29, 1.82) is 5.26 Å². The smallest absolute Gasteiger partial charge is 0.343 e. The summed E-state index contributed by atoms with van der Waals surface area (Å²) >= 11 is 1.29. The predicted octanol–water partition coefficient (Wildman–Crippen LogP) is 6.84. The van der Waals surface area contributed by atoms with Crippen LogP contribution in [0.2, 0.25) is 0 Å². The van der Waals surface area contributed by atoms with Crippen molar-refractivity contribution in [2.75, 3.05) is 7.11 Å². The Bertz CT molecular complexity index is 1600. The molecule has 0 N–H and O–H groups in total. The van der Waals surface area contributed by atoms with Gasteiger partial charge in [-0.25, -0.2) is 14.6 Å². The number of hydrogen-bond donors (Lipinski definition) is 0. The third-order valence-corrected chi connectivity index (χ3v) is 7.18. The summed E-state index contributed by atoms with van der Waals surface area (Å²) in [6.45, 7) is 2.04. The molecule has 0 saturated heterocycles. The van der Waals surface area contributed by atoms with Crippen molar-refractivity contribution in [2.24, 2.45) is 0 Å². The van der Waals surface area contributed by atoms with Crippen molar-refractivity contribution < 1.29 is 23.8 Å². The van der Waals surface area contributed by atoms with Crippen molar-refractivity contribution in [2.45, 2.75) is 13.3 Å². The van der Waals surface area contributed by atoms with Gasteiger partial charge in [0.15, 0.2) is 11.5 Å². The molecule has 0 radical (unpaired) electrons. The lowest BCUT2D eigenvalue weighted by Gasteiger charge is -2.09. The summed E-state index contributed by atoms with van der Waals surface area (Å²) in [6.07, 6.45) is 0.865. The quantitative estimate of drug-likeness (QED) is 0.166. The molecule has 1 aromatic heterocycles. The SMILES string of the molecule is CCc1ccc(C(=O)Oc2ccc(OC(=O)c3ccc(OC)cc3)c3sc(-c4ccc(C#N)cc4)nc23)cc1. The molecule has 0 amide bonds. The first-order valence-electron chi connectivity index (χ1n) is 12.1. The fourth-order valence-corrected chi connectivity index (χ4v) is 4.89. The topological polar surface area (TPSA) is 98.5 Å². The van der Waals surface area contributed by atoms with Gasteiger partial charge in [0.1, 0.15) is 21.0 Å². The number of aryl methyl sites for hydroxylation is 1. The molecule has 0 aliphatic carbocycles. The maximum absolute atomic E-state index is 12.9. The number of nitrogens with zero attached hydrogens (tertiary/aromatic N) is 2. The maximum Gasteiger partial charge on any atom is 0.343 e. The number of benzene rings is 4. The predicted molar refractivity (Wildman–Crippen MR) is 149 cm³/mol. The van der Waals surface area contributed by atoms with Crippen LogP contribution in [0.3, 0.4) is 0 Å². The lowest BCUT2D eigenvalue weighted by Crippen LogP contribution is -2.10. The molecule has 0 atom stereocenters. The van der Waals surface area contributed by atoms with Gasteiger partial charge < -0.3 is 14.2 Å². The molecule has 39 heavy (non-hydrogen) atoms. The second kappa shape index (κ2) is 11.2. The summed E-state index contributed by atoms with van der Waals surface area (Å²) in [5, 5.41) is 9.75. The fraction of sp³-hybridized carbons (Fsp3) is 0.0968. The van der Waals surface area contributed by atoms with Crippen molar-refractivity contribution >= 4 is 33.5 Å². The van der Waals surface area contributed by atoms with Gasteiger partial charge in [0.2, 0.25) is 0 Å². The van der Waals surface area contributed by atoms with E-state index in [2.05, 4.69) is 6.07 Å². The molecular formula is C31H22N2O5S. The Balaban J connectivity index is 1.52. The van der Waals surface area contributed by atoms with Gasteiger partial charge in [-0.1, -0.05) is 31.2 Å². The van der Waals surface area contributed by atoms with Crippen LogP contribution in [-0.4, -0.2) is 24.0 Å². The van der Waals surface area contributed by atoms with Gasteiger partial charge >= 0.3 is 11.9 Å². The number of thiazole rings is 1. The van der Waals surface area contributed by atoms with Gasteiger partial charge in [-0.05, 0) is 72.6 Å². The first kappa shape index (κ1) is 25.6. The number of aromatic nitrogens is 1. The Morgan fingerprint density at radius 1 is 0.821 bits per heavy atom. The standard InChI is InChI=1S/C31H22N2O5S/c1-3-19-4-10-22(11-5-19)30(34)37-25-16-17-26(38-31(35)23-12-14-24(36-2)15-13-23)28-27(25)33-29(39-28)21-8-6-20(18-32)7-9-21/h4-17H,3H2,1-2H3. The monoisotopic (exact) mass is 534 g/mol. The van der Waals surface area contributed by atoms with E-state index in [4.69, 9.17) is 24.5 Å². The Morgan fingerprint density at radius 2 is 1.41 bits per heavy atom. The van der Waals surface area contributed by atoms with Gasteiger partial charge in [0.25, 0.3) is 0 Å². The van der Waals surface area contributed by atoms with Crippen molar-refractivity contribution in [3.63, 3.8) is 0 Å². The van der Waals surface area contributed by atoms with Gasteiger partial charge in [-0.15, -0.1) is 11.3 Å². The molecular weight excluding hydrogens is 512 g/mol. The molecule has 0 saturated carbocycles.